The largest absolute Gasteiger partial charge is 0.466 e. The molecule has 0 radical (unpaired) electrons. The summed E-state index contributed by atoms with van der Waals surface area (Å²) in [4.78, 5) is 39.0. The van der Waals surface area contributed by atoms with Gasteiger partial charge < -0.3 is 14.4 Å². The number of ether oxygens (including phenoxy) is 2. The summed E-state index contributed by atoms with van der Waals surface area (Å²) in [5, 5.41) is -0.107. The maximum absolute atomic E-state index is 13.5. The third-order valence-corrected chi connectivity index (χ3v) is 7.11. The summed E-state index contributed by atoms with van der Waals surface area (Å²) in [7, 11) is 1.30. The molecule has 2 heterocycles. The molecule has 0 aromatic heterocycles. The maximum Gasteiger partial charge on any atom is 0.331 e. The first-order valence-corrected chi connectivity index (χ1v) is 10.9. The third-order valence-electron chi connectivity index (χ3n) is 5.57. The number of fused-ring (bicyclic) bond motifs is 1. The van der Waals surface area contributed by atoms with Gasteiger partial charge in [-0.2, -0.15) is 0 Å². The first-order chi connectivity index (χ1) is 14.9. The van der Waals surface area contributed by atoms with Gasteiger partial charge in [-0.05, 0) is 18.1 Å². The molecule has 0 aliphatic carbocycles. The molecule has 1 amide bonds. The lowest BCUT2D eigenvalue weighted by Crippen LogP contribution is -2.57. The van der Waals surface area contributed by atoms with E-state index >= 15 is 0 Å². The minimum atomic E-state index is -0.834. The van der Waals surface area contributed by atoms with Crippen molar-refractivity contribution in [1.82, 2.24) is 4.90 Å². The van der Waals surface area contributed by atoms with Crippen LogP contribution in [0, 0.1) is 0 Å². The van der Waals surface area contributed by atoms with Gasteiger partial charge in [-0.3, -0.25) is 4.79 Å². The fourth-order valence-electron chi connectivity index (χ4n) is 3.99. The molecule has 2 aliphatic heterocycles. The van der Waals surface area contributed by atoms with Crippen LogP contribution in [0.4, 0.5) is 0 Å². The number of benzene rings is 2. The highest BCUT2D eigenvalue weighted by atomic mass is 32.2. The van der Waals surface area contributed by atoms with Crippen LogP contribution in [0.3, 0.4) is 0 Å². The van der Waals surface area contributed by atoms with Gasteiger partial charge in [0.25, 0.3) is 0 Å². The summed E-state index contributed by atoms with van der Waals surface area (Å²) in [5.74, 6) is -1.11. The van der Waals surface area contributed by atoms with Gasteiger partial charge in [0.2, 0.25) is 5.91 Å². The van der Waals surface area contributed by atoms with Crippen LogP contribution in [0.2, 0.25) is 0 Å². The summed E-state index contributed by atoms with van der Waals surface area (Å²) in [6, 6.07) is 18.2. The second-order valence-electron chi connectivity index (χ2n) is 7.66. The Morgan fingerprint density at radius 2 is 1.68 bits per heavy atom. The van der Waals surface area contributed by atoms with Gasteiger partial charge in [-0.15, -0.1) is 11.8 Å². The van der Waals surface area contributed by atoms with E-state index in [2.05, 4.69) is 4.74 Å². The average molecular weight is 438 g/mol. The zero-order valence-corrected chi connectivity index (χ0v) is 18.1. The topological polar surface area (TPSA) is 72.9 Å². The fourth-order valence-corrected chi connectivity index (χ4v) is 5.64. The molecule has 3 atom stereocenters. The molecule has 31 heavy (non-hydrogen) atoms. The number of hydrogen-bond donors (Lipinski definition) is 0. The normalized spacial score (nSPS) is 24.7. The lowest BCUT2D eigenvalue weighted by atomic mass is 9.95. The van der Waals surface area contributed by atoms with E-state index in [0.29, 0.717) is 6.42 Å². The highest BCUT2D eigenvalue weighted by Crippen LogP contribution is 2.52. The van der Waals surface area contributed by atoms with Gasteiger partial charge in [0.1, 0.15) is 6.04 Å². The molecule has 160 valence electrons. The monoisotopic (exact) mass is 437 g/mol. The standard InChI is InChI=1S/C24H23NO5S/c1-24(14-13-20(27)29-2)22(25-18(26)15-19(25)31-24)23(28)30-21(16-9-5-3-6-10-16)17-11-7-4-8-12-17/h3-14,19,21-22H,15H2,1-2H3/b14-13+/t19-,22+,24+/m1/s1. The Morgan fingerprint density at radius 3 is 2.19 bits per heavy atom. The smallest absolute Gasteiger partial charge is 0.331 e. The number of methoxy groups -OCH3 is 1. The van der Waals surface area contributed by atoms with Crippen molar-refractivity contribution in [2.45, 2.75) is 35.6 Å². The number of carbonyl (C=O) groups is 3. The number of carbonyl (C=O) groups excluding carboxylic acids is 3. The molecule has 2 aromatic carbocycles. The molecule has 0 saturated carbocycles. The molecule has 6 nitrogen and oxygen atoms in total. The Bertz CT molecular complexity index is 970. The van der Waals surface area contributed by atoms with E-state index in [9.17, 15) is 14.4 Å². The van der Waals surface area contributed by atoms with Gasteiger partial charge in [0.05, 0.1) is 23.7 Å². The Balaban J connectivity index is 1.65. The molecule has 2 aromatic rings. The minimum absolute atomic E-state index is 0.0920. The van der Waals surface area contributed by atoms with Gasteiger partial charge in [-0.1, -0.05) is 66.7 Å². The van der Waals surface area contributed by atoms with E-state index in [4.69, 9.17) is 4.74 Å². The molecular weight excluding hydrogens is 414 g/mol. The van der Waals surface area contributed by atoms with Gasteiger partial charge >= 0.3 is 11.9 Å². The predicted octanol–water partition coefficient (Wildman–Crippen LogP) is 3.48. The van der Waals surface area contributed by atoms with Crippen LogP contribution in [0.5, 0.6) is 0 Å². The molecular formula is C24H23NO5S. The van der Waals surface area contributed by atoms with Crippen LogP contribution in [-0.2, 0) is 23.9 Å². The van der Waals surface area contributed by atoms with E-state index in [1.54, 1.807) is 11.0 Å². The minimum Gasteiger partial charge on any atom is -0.466 e. The first-order valence-electron chi connectivity index (χ1n) is 9.99. The van der Waals surface area contributed by atoms with E-state index < -0.39 is 28.8 Å². The van der Waals surface area contributed by atoms with Crippen molar-refractivity contribution in [2.24, 2.45) is 0 Å². The highest BCUT2D eigenvalue weighted by Gasteiger charge is 2.60. The van der Waals surface area contributed by atoms with Crippen molar-refractivity contribution in [3.8, 4) is 0 Å². The summed E-state index contributed by atoms with van der Waals surface area (Å²) >= 11 is 1.48. The van der Waals surface area contributed by atoms with Crippen LogP contribution in [0.15, 0.2) is 72.8 Å². The van der Waals surface area contributed by atoms with E-state index in [1.165, 1.54) is 24.9 Å². The Labute approximate surface area is 185 Å². The number of nitrogens with zero attached hydrogens (tertiary/aromatic N) is 1. The summed E-state index contributed by atoms with van der Waals surface area (Å²) in [5.41, 5.74) is 1.68. The Kier molecular flexibility index (Phi) is 5.87. The number of β-lactam (4-membered cyclic amide) rings is 1. The summed E-state index contributed by atoms with van der Waals surface area (Å²) in [6.07, 6.45) is 2.71. The second kappa shape index (κ2) is 8.59. The van der Waals surface area contributed by atoms with Crippen LogP contribution in [0.1, 0.15) is 30.6 Å². The van der Waals surface area contributed by atoms with E-state index in [0.717, 1.165) is 11.1 Å². The van der Waals surface area contributed by atoms with Crippen molar-refractivity contribution in [3.05, 3.63) is 83.9 Å². The maximum atomic E-state index is 13.5. The van der Waals surface area contributed by atoms with Crippen LogP contribution < -0.4 is 0 Å². The average Bonchev–Trinajstić information content (AvgIpc) is 3.04. The zero-order chi connectivity index (χ0) is 22.0. The Morgan fingerprint density at radius 1 is 1.10 bits per heavy atom. The number of hydrogen-bond acceptors (Lipinski definition) is 6. The van der Waals surface area contributed by atoms with Crippen molar-refractivity contribution in [1.29, 1.82) is 0 Å². The van der Waals surface area contributed by atoms with E-state index in [-0.39, 0.29) is 11.3 Å². The van der Waals surface area contributed by atoms with Crippen LogP contribution in [0.25, 0.3) is 0 Å². The summed E-state index contributed by atoms with van der Waals surface area (Å²) < 4.78 is 9.92. The van der Waals surface area contributed by atoms with Crippen molar-refractivity contribution in [3.63, 3.8) is 0 Å². The summed E-state index contributed by atoms with van der Waals surface area (Å²) in [6.45, 7) is 1.84. The predicted molar refractivity (Wildman–Crippen MR) is 117 cm³/mol. The number of rotatable bonds is 6. The number of thioether (sulfide) groups is 1. The van der Waals surface area contributed by atoms with Crippen molar-refractivity contribution in [2.75, 3.05) is 7.11 Å². The van der Waals surface area contributed by atoms with Crippen LogP contribution >= 0.6 is 11.8 Å². The lowest BCUT2D eigenvalue weighted by molar-refractivity contribution is -0.163. The first kappa shape index (κ1) is 21.2. The molecule has 0 unspecified atom stereocenters. The molecule has 2 aliphatic rings. The molecule has 0 bridgehead atoms. The van der Waals surface area contributed by atoms with Crippen LogP contribution in [-0.4, -0.2) is 46.0 Å². The van der Waals surface area contributed by atoms with Crippen molar-refractivity contribution >= 4 is 29.6 Å². The third kappa shape index (κ3) is 4.10. The molecule has 7 heteroatoms. The zero-order valence-electron chi connectivity index (χ0n) is 17.3. The lowest BCUT2D eigenvalue weighted by Gasteiger charge is -2.38. The molecule has 4 rings (SSSR count). The fraction of sp³-hybridized carbons (Fsp3) is 0.292. The van der Waals surface area contributed by atoms with Gasteiger partial charge in [0, 0.05) is 6.08 Å². The second-order valence-corrected chi connectivity index (χ2v) is 9.32. The number of esters is 2. The van der Waals surface area contributed by atoms with Gasteiger partial charge in [0.15, 0.2) is 6.10 Å². The van der Waals surface area contributed by atoms with E-state index in [1.807, 2.05) is 67.6 Å². The molecule has 2 fully saturated rings. The number of amides is 1. The SMILES string of the molecule is COC(=O)/C=C/[C@]1(C)S[C@@H]2CC(=O)N2[C@H]1C(=O)OC(c1ccccc1)c1ccccc1. The molecule has 0 spiro atoms. The van der Waals surface area contributed by atoms with Gasteiger partial charge in [-0.25, -0.2) is 9.59 Å². The molecule has 0 N–H and O–H groups in total. The Hall–Kier alpha value is -3.06. The quantitative estimate of drug-likeness (QED) is 0.391. The highest BCUT2D eigenvalue weighted by molar-refractivity contribution is 8.01. The molecule has 2 saturated heterocycles. The van der Waals surface area contributed by atoms with Crippen molar-refractivity contribution < 1.29 is 23.9 Å².